The van der Waals surface area contributed by atoms with Gasteiger partial charge in [-0.15, -0.1) is 0 Å². The van der Waals surface area contributed by atoms with Crippen molar-refractivity contribution in [3.8, 4) is 0 Å². The fraction of sp³-hybridized carbons (Fsp3) is 0.368. The SMILES string of the molecule is CC(Cc1ccc(CO)cc1)NCC(O)c1cccc(C(F)(F)F)c1. The Morgan fingerprint density at radius 2 is 1.68 bits per heavy atom. The van der Waals surface area contributed by atoms with Gasteiger partial charge in [-0.3, -0.25) is 0 Å². The molecule has 2 aromatic rings. The van der Waals surface area contributed by atoms with Gasteiger partial charge in [-0.2, -0.15) is 13.2 Å². The molecule has 0 aliphatic heterocycles. The van der Waals surface area contributed by atoms with Crippen LogP contribution in [0.4, 0.5) is 13.2 Å². The molecule has 0 saturated carbocycles. The summed E-state index contributed by atoms with van der Waals surface area (Å²) in [5.41, 5.74) is 1.39. The number of hydrogen-bond acceptors (Lipinski definition) is 3. The van der Waals surface area contributed by atoms with E-state index in [-0.39, 0.29) is 24.8 Å². The lowest BCUT2D eigenvalue weighted by atomic mass is 10.0. The number of hydrogen-bond donors (Lipinski definition) is 3. The number of aliphatic hydroxyl groups is 2. The Hall–Kier alpha value is -1.89. The highest BCUT2D eigenvalue weighted by Gasteiger charge is 2.30. The van der Waals surface area contributed by atoms with Crippen molar-refractivity contribution in [3.05, 3.63) is 70.8 Å². The summed E-state index contributed by atoms with van der Waals surface area (Å²) >= 11 is 0. The Morgan fingerprint density at radius 3 is 2.28 bits per heavy atom. The number of aliphatic hydroxyl groups excluding tert-OH is 2. The van der Waals surface area contributed by atoms with E-state index in [0.717, 1.165) is 23.3 Å². The summed E-state index contributed by atoms with van der Waals surface area (Å²) < 4.78 is 38.2. The molecule has 2 aromatic carbocycles. The van der Waals surface area contributed by atoms with Gasteiger partial charge in [0.2, 0.25) is 0 Å². The zero-order valence-corrected chi connectivity index (χ0v) is 13.9. The van der Waals surface area contributed by atoms with Crippen molar-refractivity contribution in [1.29, 1.82) is 0 Å². The van der Waals surface area contributed by atoms with Gasteiger partial charge in [-0.25, -0.2) is 0 Å². The molecule has 25 heavy (non-hydrogen) atoms. The number of rotatable bonds is 7. The van der Waals surface area contributed by atoms with Crippen LogP contribution in [-0.4, -0.2) is 22.8 Å². The minimum absolute atomic E-state index is 0.00271. The second-order valence-electron chi connectivity index (χ2n) is 6.13. The molecule has 0 saturated heterocycles. The van der Waals surface area contributed by atoms with Crippen LogP contribution in [0.1, 0.15) is 35.3 Å². The average molecular weight is 353 g/mol. The van der Waals surface area contributed by atoms with E-state index in [4.69, 9.17) is 5.11 Å². The third kappa shape index (κ3) is 5.85. The summed E-state index contributed by atoms with van der Waals surface area (Å²) in [7, 11) is 0. The van der Waals surface area contributed by atoms with Crippen LogP contribution in [0.2, 0.25) is 0 Å². The van der Waals surface area contributed by atoms with E-state index < -0.39 is 17.8 Å². The van der Waals surface area contributed by atoms with Crippen molar-refractivity contribution < 1.29 is 23.4 Å². The Kier molecular flexibility index (Phi) is 6.58. The molecule has 2 atom stereocenters. The largest absolute Gasteiger partial charge is 0.416 e. The van der Waals surface area contributed by atoms with Crippen LogP contribution >= 0.6 is 0 Å². The van der Waals surface area contributed by atoms with Gasteiger partial charge >= 0.3 is 6.18 Å². The van der Waals surface area contributed by atoms with E-state index in [1.807, 2.05) is 31.2 Å². The summed E-state index contributed by atoms with van der Waals surface area (Å²) in [5.74, 6) is 0. The molecule has 0 bridgehead atoms. The molecule has 0 spiro atoms. The molecule has 2 rings (SSSR count). The molecule has 0 radical (unpaired) electrons. The van der Waals surface area contributed by atoms with Crippen LogP contribution in [0.25, 0.3) is 0 Å². The minimum atomic E-state index is -4.42. The molecule has 0 aliphatic carbocycles. The number of benzene rings is 2. The van der Waals surface area contributed by atoms with Gasteiger partial charge in [0.1, 0.15) is 0 Å². The Bertz CT molecular complexity index is 671. The maximum atomic E-state index is 12.7. The number of nitrogens with one attached hydrogen (secondary N) is 1. The molecular weight excluding hydrogens is 331 g/mol. The van der Waals surface area contributed by atoms with E-state index in [0.29, 0.717) is 6.42 Å². The van der Waals surface area contributed by atoms with E-state index in [9.17, 15) is 18.3 Å². The van der Waals surface area contributed by atoms with E-state index in [1.54, 1.807) is 0 Å². The van der Waals surface area contributed by atoms with Crippen LogP contribution < -0.4 is 5.32 Å². The third-order valence-electron chi connectivity index (χ3n) is 4.01. The Balaban J connectivity index is 1.89. The maximum absolute atomic E-state index is 12.7. The van der Waals surface area contributed by atoms with Gasteiger partial charge in [-0.1, -0.05) is 36.4 Å². The van der Waals surface area contributed by atoms with Gasteiger partial charge < -0.3 is 15.5 Å². The van der Waals surface area contributed by atoms with Gasteiger partial charge in [-0.05, 0) is 42.2 Å². The van der Waals surface area contributed by atoms with Crippen LogP contribution in [0.15, 0.2) is 48.5 Å². The molecule has 0 fully saturated rings. The van der Waals surface area contributed by atoms with Crippen LogP contribution in [0, 0.1) is 0 Å². The minimum Gasteiger partial charge on any atom is -0.392 e. The monoisotopic (exact) mass is 353 g/mol. The summed E-state index contributed by atoms with van der Waals surface area (Å²) in [4.78, 5) is 0. The number of alkyl halides is 3. The third-order valence-corrected chi connectivity index (χ3v) is 4.01. The molecule has 0 heterocycles. The lowest BCUT2D eigenvalue weighted by Crippen LogP contribution is -2.32. The molecular formula is C19H22F3NO2. The highest BCUT2D eigenvalue weighted by molar-refractivity contribution is 5.27. The molecule has 0 amide bonds. The zero-order valence-electron chi connectivity index (χ0n) is 13.9. The van der Waals surface area contributed by atoms with Crippen molar-refractivity contribution in [1.82, 2.24) is 5.32 Å². The van der Waals surface area contributed by atoms with Crippen molar-refractivity contribution in [2.24, 2.45) is 0 Å². The molecule has 136 valence electrons. The second-order valence-corrected chi connectivity index (χ2v) is 6.13. The maximum Gasteiger partial charge on any atom is 0.416 e. The Morgan fingerprint density at radius 1 is 1.04 bits per heavy atom. The van der Waals surface area contributed by atoms with Crippen molar-refractivity contribution in [2.75, 3.05) is 6.54 Å². The van der Waals surface area contributed by atoms with E-state index in [1.165, 1.54) is 12.1 Å². The molecule has 3 N–H and O–H groups in total. The highest BCUT2D eigenvalue weighted by atomic mass is 19.4. The summed E-state index contributed by atoms with van der Waals surface area (Å²) in [6.45, 7) is 2.10. The lowest BCUT2D eigenvalue weighted by Gasteiger charge is -2.18. The molecule has 0 aromatic heterocycles. The normalized spacial score (nSPS) is 14.3. The standard InChI is InChI=1S/C19H22F3NO2/c1-13(9-14-5-7-15(12-24)8-6-14)23-11-18(25)16-3-2-4-17(10-16)19(20,21)22/h2-8,10,13,18,23-25H,9,11-12H2,1H3. The van der Waals surface area contributed by atoms with E-state index >= 15 is 0 Å². The highest BCUT2D eigenvalue weighted by Crippen LogP contribution is 2.30. The predicted molar refractivity (Wildman–Crippen MR) is 89.9 cm³/mol. The van der Waals surface area contributed by atoms with Gasteiger partial charge in [0, 0.05) is 12.6 Å². The van der Waals surface area contributed by atoms with Crippen LogP contribution in [0.5, 0.6) is 0 Å². The number of halogens is 3. The molecule has 3 nitrogen and oxygen atoms in total. The first-order valence-electron chi connectivity index (χ1n) is 8.07. The van der Waals surface area contributed by atoms with Gasteiger partial charge in [0.25, 0.3) is 0 Å². The van der Waals surface area contributed by atoms with Gasteiger partial charge in [0.05, 0.1) is 18.3 Å². The fourth-order valence-corrected chi connectivity index (χ4v) is 2.56. The zero-order chi connectivity index (χ0) is 18.4. The Labute approximate surface area is 145 Å². The van der Waals surface area contributed by atoms with Crippen LogP contribution in [0.3, 0.4) is 0 Å². The molecule has 2 unspecified atom stereocenters. The van der Waals surface area contributed by atoms with E-state index in [2.05, 4.69) is 5.32 Å². The molecule has 6 heteroatoms. The molecule has 0 aliphatic rings. The first-order chi connectivity index (χ1) is 11.8. The van der Waals surface area contributed by atoms with Gasteiger partial charge in [0.15, 0.2) is 0 Å². The predicted octanol–water partition coefficient (Wildman–Crippen LogP) is 3.45. The topological polar surface area (TPSA) is 52.5 Å². The summed E-state index contributed by atoms with van der Waals surface area (Å²) in [6.07, 6.45) is -4.72. The lowest BCUT2D eigenvalue weighted by molar-refractivity contribution is -0.137. The smallest absolute Gasteiger partial charge is 0.392 e. The van der Waals surface area contributed by atoms with Crippen LogP contribution in [-0.2, 0) is 19.2 Å². The second kappa shape index (κ2) is 8.47. The van der Waals surface area contributed by atoms with Crippen molar-refractivity contribution >= 4 is 0 Å². The fourth-order valence-electron chi connectivity index (χ4n) is 2.56. The van der Waals surface area contributed by atoms with Crippen molar-refractivity contribution in [2.45, 2.75) is 38.3 Å². The first-order valence-corrected chi connectivity index (χ1v) is 8.07. The first kappa shape index (κ1) is 19.4. The van der Waals surface area contributed by atoms with Crippen molar-refractivity contribution in [3.63, 3.8) is 0 Å². The summed E-state index contributed by atoms with van der Waals surface area (Å²) in [6, 6.07) is 12.3. The summed E-state index contributed by atoms with van der Waals surface area (Å²) in [5, 5.41) is 22.3. The quantitative estimate of drug-likeness (QED) is 0.715. The average Bonchev–Trinajstić information content (AvgIpc) is 2.59.